The average molecular weight is 343 g/mol. The smallest absolute Gasteiger partial charge is 0.126 e. The van der Waals surface area contributed by atoms with Crippen LogP contribution < -0.4 is 4.74 Å². The molecule has 1 atom stereocenters. The van der Waals surface area contributed by atoms with E-state index in [2.05, 4.69) is 15.9 Å². The lowest BCUT2D eigenvalue weighted by atomic mass is 10.0. The standard InChI is InChI=1S/C15H13BrF2O2/c1-20-15-3-2-10(16)7-13(15)14(19)6-9-4-11(17)8-12(18)5-9/h2-5,7-8,14,19H,6H2,1H3. The Hall–Kier alpha value is -1.46. The minimum absolute atomic E-state index is 0.0987. The van der Waals surface area contributed by atoms with E-state index >= 15 is 0 Å². The van der Waals surface area contributed by atoms with Gasteiger partial charge in [-0.05, 0) is 35.9 Å². The summed E-state index contributed by atoms with van der Waals surface area (Å²) in [6, 6.07) is 8.44. The molecule has 2 aromatic rings. The third-order valence-electron chi connectivity index (χ3n) is 2.90. The normalized spacial score (nSPS) is 12.2. The first-order valence-electron chi connectivity index (χ1n) is 5.96. The molecule has 0 aliphatic rings. The largest absolute Gasteiger partial charge is 0.496 e. The van der Waals surface area contributed by atoms with Gasteiger partial charge in [0.25, 0.3) is 0 Å². The fourth-order valence-electron chi connectivity index (χ4n) is 2.03. The van der Waals surface area contributed by atoms with Gasteiger partial charge in [-0.25, -0.2) is 8.78 Å². The van der Waals surface area contributed by atoms with Crippen molar-refractivity contribution in [3.05, 3.63) is 63.6 Å². The van der Waals surface area contributed by atoms with Crippen molar-refractivity contribution in [3.8, 4) is 5.75 Å². The highest BCUT2D eigenvalue weighted by molar-refractivity contribution is 9.10. The number of hydrogen-bond acceptors (Lipinski definition) is 2. The van der Waals surface area contributed by atoms with Gasteiger partial charge in [0.2, 0.25) is 0 Å². The van der Waals surface area contributed by atoms with Crippen molar-refractivity contribution in [3.63, 3.8) is 0 Å². The highest BCUT2D eigenvalue weighted by Crippen LogP contribution is 2.30. The first-order valence-corrected chi connectivity index (χ1v) is 6.75. The maximum Gasteiger partial charge on any atom is 0.126 e. The van der Waals surface area contributed by atoms with E-state index in [1.807, 2.05) is 0 Å². The number of ether oxygens (including phenoxy) is 1. The Bertz CT molecular complexity index is 597. The first kappa shape index (κ1) is 14.9. The highest BCUT2D eigenvalue weighted by Gasteiger charge is 2.15. The van der Waals surface area contributed by atoms with Crippen LogP contribution in [-0.4, -0.2) is 12.2 Å². The van der Waals surface area contributed by atoms with Gasteiger partial charge in [0.05, 0.1) is 13.2 Å². The Labute approximate surface area is 124 Å². The van der Waals surface area contributed by atoms with Crippen LogP contribution in [-0.2, 0) is 6.42 Å². The van der Waals surface area contributed by atoms with Crippen molar-refractivity contribution in [2.75, 3.05) is 7.11 Å². The summed E-state index contributed by atoms with van der Waals surface area (Å²) in [5.74, 6) is -0.792. The molecule has 1 N–H and O–H groups in total. The monoisotopic (exact) mass is 342 g/mol. The molecule has 1 unspecified atom stereocenters. The van der Waals surface area contributed by atoms with Gasteiger partial charge in [0.15, 0.2) is 0 Å². The summed E-state index contributed by atoms with van der Waals surface area (Å²) in [6.45, 7) is 0. The van der Waals surface area contributed by atoms with Crippen molar-refractivity contribution in [2.24, 2.45) is 0 Å². The van der Waals surface area contributed by atoms with E-state index in [1.54, 1.807) is 18.2 Å². The molecule has 2 rings (SSSR count). The van der Waals surface area contributed by atoms with Crippen LogP contribution in [0, 0.1) is 11.6 Å². The number of methoxy groups -OCH3 is 1. The predicted molar refractivity (Wildman–Crippen MR) is 75.7 cm³/mol. The summed E-state index contributed by atoms with van der Waals surface area (Å²) in [6.07, 6.45) is -0.815. The van der Waals surface area contributed by atoms with Crippen LogP contribution in [0.1, 0.15) is 17.2 Å². The van der Waals surface area contributed by atoms with E-state index in [1.165, 1.54) is 19.2 Å². The van der Waals surface area contributed by atoms with Gasteiger partial charge < -0.3 is 9.84 Å². The molecule has 0 bridgehead atoms. The van der Waals surface area contributed by atoms with Crippen molar-refractivity contribution in [1.82, 2.24) is 0 Å². The number of hydrogen-bond donors (Lipinski definition) is 1. The molecule has 0 aliphatic carbocycles. The molecule has 2 nitrogen and oxygen atoms in total. The summed E-state index contributed by atoms with van der Waals surface area (Å²) >= 11 is 3.32. The van der Waals surface area contributed by atoms with Gasteiger partial charge in [0.1, 0.15) is 17.4 Å². The van der Waals surface area contributed by atoms with Crippen molar-refractivity contribution < 1.29 is 18.6 Å². The van der Waals surface area contributed by atoms with Crippen LogP contribution in [0.25, 0.3) is 0 Å². The van der Waals surface area contributed by atoms with Gasteiger partial charge in [-0.2, -0.15) is 0 Å². The lowest BCUT2D eigenvalue weighted by Crippen LogP contribution is -2.05. The zero-order valence-electron chi connectivity index (χ0n) is 10.7. The van der Waals surface area contributed by atoms with Gasteiger partial charge in [0, 0.05) is 22.5 Å². The lowest BCUT2D eigenvalue weighted by Gasteiger charge is -2.15. The second-order valence-corrected chi connectivity index (χ2v) is 5.30. The molecule has 0 saturated heterocycles. The maximum atomic E-state index is 13.1. The second-order valence-electron chi connectivity index (χ2n) is 4.38. The highest BCUT2D eigenvalue weighted by atomic mass is 79.9. The molecule has 0 spiro atoms. The fourth-order valence-corrected chi connectivity index (χ4v) is 2.41. The Morgan fingerprint density at radius 2 is 1.80 bits per heavy atom. The minimum Gasteiger partial charge on any atom is -0.496 e. The number of halogens is 3. The maximum absolute atomic E-state index is 13.1. The van der Waals surface area contributed by atoms with E-state index in [4.69, 9.17) is 4.74 Å². The van der Waals surface area contributed by atoms with Gasteiger partial charge in [-0.1, -0.05) is 15.9 Å². The van der Waals surface area contributed by atoms with Crippen LogP contribution in [0.15, 0.2) is 40.9 Å². The molecule has 20 heavy (non-hydrogen) atoms. The van der Waals surface area contributed by atoms with Gasteiger partial charge in [-0.15, -0.1) is 0 Å². The number of rotatable bonds is 4. The molecule has 106 valence electrons. The molecule has 0 fully saturated rings. The minimum atomic E-state index is -0.913. The number of benzene rings is 2. The van der Waals surface area contributed by atoms with E-state index in [-0.39, 0.29) is 6.42 Å². The molecule has 0 amide bonds. The molecule has 2 aromatic carbocycles. The molecule has 0 saturated carbocycles. The molecule has 0 aliphatic heterocycles. The third-order valence-corrected chi connectivity index (χ3v) is 3.40. The quantitative estimate of drug-likeness (QED) is 0.909. The number of aliphatic hydroxyl groups is 1. The van der Waals surface area contributed by atoms with Crippen LogP contribution in [0.2, 0.25) is 0 Å². The molecule has 0 heterocycles. The Balaban J connectivity index is 2.27. The predicted octanol–water partition coefficient (Wildman–Crippen LogP) is 4.01. The van der Waals surface area contributed by atoms with Crippen molar-refractivity contribution in [2.45, 2.75) is 12.5 Å². The van der Waals surface area contributed by atoms with E-state index < -0.39 is 17.7 Å². The fraction of sp³-hybridized carbons (Fsp3) is 0.200. The topological polar surface area (TPSA) is 29.5 Å². The zero-order valence-corrected chi connectivity index (χ0v) is 12.3. The summed E-state index contributed by atoms with van der Waals surface area (Å²) in [5.41, 5.74) is 0.948. The third kappa shape index (κ3) is 3.55. The van der Waals surface area contributed by atoms with Crippen LogP contribution in [0.4, 0.5) is 8.78 Å². The Morgan fingerprint density at radius 3 is 2.40 bits per heavy atom. The lowest BCUT2D eigenvalue weighted by molar-refractivity contribution is 0.173. The van der Waals surface area contributed by atoms with E-state index in [9.17, 15) is 13.9 Å². The Kier molecular flexibility index (Phi) is 4.73. The zero-order chi connectivity index (χ0) is 14.7. The second kappa shape index (κ2) is 6.33. The molecular formula is C15H13BrF2O2. The summed E-state index contributed by atoms with van der Waals surface area (Å²) in [4.78, 5) is 0. The van der Waals surface area contributed by atoms with E-state index in [0.29, 0.717) is 16.9 Å². The Morgan fingerprint density at radius 1 is 1.15 bits per heavy atom. The number of aliphatic hydroxyl groups excluding tert-OH is 1. The molecule has 5 heteroatoms. The van der Waals surface area contributed by atoms with Crippen LogP contribution in [0.5, 0.6) is 5.75 Å². The van der Waals surface area contributed by atoms with Gasteiger partial charge in [-0.3, -0.25) is 0 Å². The van der Waals surface area contributed by atoms with Crippen molar-refractivity contribution in [1.29, 1.82) is 0 Å². The van der Waals surface area contributed by atoms with Crippen LogP contribution in [0.3, 0.4) is 0 Å². The van der Waals surface area contributed by atoms with Crippen molar-refractivity contribution >= 4 is 15.9 Å². The molecular weight excluding hydrogens is 330 g/mol. The molecule has 0 aromatic heterocycles. The summed E-state index contributed by atoms with van der Waals surface area (Å²) in [7, 11) is 1.50. The summed E-state index contributed by atoms with van der Waals surface area (Å²) < 4.78 is 32.2. The molecule has 0 radical (unpaired) electrons. The summed E-state index contributed by atoms with van der Waals surface area (Å²) in [5, 5.41) is 10.2. The van der Waals surface area contributed by atoms with Crippen LogP contribution >= 0.6 is 15.9 Å². The SMILES string of the molecule is COc1ccc(Br)cc1C(O)Cc1cc(F)cc(F)c1. The van der Waals surface area contributed by atoms with E-state index in [0.717, 1.165) is 10.5 Å². The van der Waals surface area contributed by atoms with Gasteiger partial charge >= 0.3 is 0 Å². The first-order chi connectivity index (χ1) is 9.49. The average Bonchev–Trinajstić information content (AvgIpc) is 2.37.